The predicted octanol–water partition coefficient (Wildman–Crippen LogP) is 1.25. The molecule has 0 aromatic heterocycles. The zero-order valence-corrected chi connectivity index (χ0v) is 12.5. The number of nitrogens with zero attached hydrogens (tertiary/aromatic N) is 1. The van der Waals surface area contributed by atoms with Crippen molar-refractivity contribution in [2.45, 2.75) is 33.7 Å². The Bertz CT molecular complexity index is 220. The Balaban J connectivity index is 3.92. The topological polar surface area (TPSA) is 54.9 Å². The van der Waals surface area contributed by atoms with Gasteiger partial charge >= 0.3 is 0 Å². The van der Waals surface area contributed by atoms with E-state index in [0.29, 0.717) is 38.3 Å². The predicted molar refractivity (Wildman–Crippen MR) is 76.1 cm³/mol. The molecule has 1 atom stereocenters. The molecule has 0 aliphatic carbocycles. The maximum Gasteiger partial charge on any atom is 0.191 e. The third-order valence-electron chi connectivity index (χ3n) is 2.65. The second-order valence-electron chi connectivity index (χ2n) is 4.54. The summed E-state index contributed by atoms with van der Waals surface area (Å²) in [4.78, 5) is 4.46. The largest absolute Gasteiger partial charge is 0.382 e. The first-order valence-corrected chi connectivity index (χ1v) is 6.73. The first-order chi connectivity index (χ1) is 8.61. The number of rotatable bonds is 9. The van der Waals surface area contributed by atoms with Gasteiger partial charge in [0.2, 0.25) is 0 Å². The van der Waals surface area contributed by atoms with Crippen molar-refractivity contribution in [3.8, 4) is 0 Å². The van der Waals surface area contributed by atoms with Crippen molar-refractivity contribution in [1.82, 2.24) is 10.6 Å². The van der Waals surface area contributed by atoms with Crippen LogP contribution in [0.1, 0.15) is 27.7 Å². The average molecular weight is 259 g/mol. The molecule has 108 valence electrons. The summed E-state index contributed by atoms with van der Waals surface area (Å²) in [5.74, 6) is 1.43. The zero-order chi connectivity index (χ0) is 13.8. The van der Waals surface area contributed by atoms with Crippen molar-refractivity contribution < 1.29 is 9.47 Å². The molecule has 0 saturated carbocycles. The highest BCUT2D eigenvalue weighted by Crippen LogP contribution is 1.99. The SMILES string of the molecule is CCNC(=NCCOCCOC)NC(C)C(C)C. The lowest BCUT2D eigenvalue weighted by atomic mass is 10.1. The van der Waals surface area contributed by atoms with Gasteiger partial charge in [-0.2, -0.15) is 0 Å². The number of methoxy groups -OCH3 is 1. The van der Waals surface area contributed by atoms with Gasteiger partial charge < -0.3 is 20.1 Å². The van der Waals surface area contributed by atoms with E-state index in [0.717, 1.165) is 12.5 Å². The molecule has 5 heteroatoms. The molecule has 0 aliphatic rings. The highest BCUT2D eigenvalue weighted by molar-refractivity contribution is 5.80. The molecule has 0 amide bonds. The van der Waals surface area contributed by atoms with Gasteiger partial charge in [0.05, 0.1) is 26.4 Å². The Morgan fingerprint density at radius 3 is 2.44 bits per heavy atom. The van der Waals surface area contributed by atoms with E-state index in [-0.39, 0.29) is 0 Å². The van der Waals surface area contributed by atoms with Crippen LogP contribution in [0.3, 0.4) is 0 Å². The van der Waals surface area contributed by atoms with Crippen LogP contribution in [0, 0.1) is 5.92 Å². The van der Waals surface area contributed by atoms with E-state index in [1.165, 1.54) is 0 Å². The van der Waals surface area contributed by atoms with Crippen LogP contribution in [0.4, 0.5) is 0 Å². The minimum Gasteiger partial charge on any atom is -0.382 e. The van der Waals surface area contributed by atoms with Crippen molar-refractivity contribution >= 4 is 5.96 Å². The Morgan fingerprint density at radius 2 is 1.89 bits per heavy atom. The molecule has 0 radical (unpaired) electrons. The van der Waals surface area contributed by atoms with Gasteiger partial charge in [-0.15, -0.1) is 0 Å². The van der Waals surface area contributed by atoms with Gasteiger partial charge in [-0.3, -0.25) is 4.99 Å². The third kappa shape index (κ3) is 9.24. The summed E-state index contributed by atoms with van der Waals surface area (Å²) in [6.07, 6.45) is 0. The normalized spacial score (nSPS) is 13.8. The first-order valence-electron chi connectivity index (χ1n) is 6.73. The van der Waals surface area contributed by atoms with Crippen molar-refractivity contribution in [3.63, 3.8) is 0 Å². The smallest absolute Gasteiger partial charge is 0.191 e. The van der Waals surface area contributed by atoms with Gasteiger partial charge in [0.1, 0.15) is 0 Å². The summed E-state index contributed by atoms with van der Waals surface area (Å²) >= 11 is 0. The van der Waals surface area contributed by atoms with E-state index in [1.54, 1.807) is 7.11 Å². The number of nitrogens with one attached hydrogen (secondary N) is 2. The molecular weight excluding hydrogens is 230 g/mol. The summed E-state index contributed by atoms with van der Waals surface area (Å²) in [6, 6.07) is 0.400. The lowest BCUT2D eigenvalue weighted by molar-refractivity contribution is 0.0748. The van der Waals surface area contributed by atoms with Crippen LogP contribution in [0.5, 0.6) is 0 Å². The third-order valence-corrected chi connectivity index (χ3v) is 2.65. The number of hydrogen-bond acceptors (Lipinski definition) is 3. The summed E-state index contributed by atoms with van der Waals surface area (Å²) in [7, 11) is 1.67. The maximum absolute atomic E-state index is 5.37. The number of hydrogen-bond donors (Lipinski definition) is 2. The van der Waals surface area contributed by atoms with Crippen LogP contribution in [-0.2, 0) is 9.47 Å². The van der Waals surface area contributed by atoms with Crippen LogP contribution < -0.4 is 10.6 Å². The fourth-order valence-corrected chi connectivity index (χ4v) is 1.17. The number of ether oxygens (including phenoxy) is 2. The van der Waals surface area contributed by atoms with Crippen LogP contribution in [0.2, 0.25) is 0 Å². The second-order valence-corrected chi connectivity index (χ2v) is 4.54. The molecule has 1 unspecified atom stereocenters. The van der Waals surface area contributed by atoms with Crippen LogP contribution >= 0.6 is 0 Å². The van der Waals surface area contributed by atoms with E-state index < -0.39 is 0 Å². The van der Waals surface area contributed by atoms with Crippen molar-refractivity contribution in [2.24, 2.45) is 10.9 Å². The molecule has 18 heavy (non-hydrogen) atoms. The molecule has 0 bridgehead atoms. The van der Waals surface area contributed by atoms with E-state index >= 15 is 0 Å². The Kier molecular flexibility index (Phi) is 10.8. The molecule has 0 fully saturated rings. The monoisotopic (exact) mass is 259 g/mol. The maximum atomic E-state index is 5.37. The van der Waals surface area contributed by atoms with Crippen LogP contribution in [0.25, 0.3) is 0 Å². The lowest BCUT2D eigenvalue weighted by Gasteiger charge is -2.20. The molecule has 0 spiro atoms. The van der Waals surface area contributed by atoms with Crippen molar-refractivity contribution in [1.29, 1.82) is 0 Å². The second kappa shape index (κ2) is 11.3. The van der Waals surface area contributed by atoms with Gasteiger partial charge in [0, 0.05) is 19.7 Å². The average Bonchev–Trinajstić information content (AvgIpc) is 2.33. The fraction of sp³-hybridized carbons (Fsp3) is 0.923. The summed E-state index contributed by atoms with van der Waals surface area (Å²) in [6.45, 7) is 12.0. The molecule has 0 aromatic carbocycles. The van der Waals surface area contributed by atoms with Crippen molar-refractivity contribution in [2.75, 3.05) is 40.0 Å². The molecule has 0 aromatic rings. The minimum atomic E-state index is 0.400. The molecule has 0 rings (SSSR count). The number of aliphatic imine (C=N–C) groups is 1. The van der Waals surface area contributed by atoms with Gasteiger partial charge in [0.25, 0.3) is 0 Å². The summed E-state index contributed by atoms with van der Waals surface area (Å²) in [5.41, 5.74) is 0. The van der Waals surface area contributed by atoms with E-state index in [1.807, 2.05) is 0 Å². The highest BCUT2D eigenvalue weighted by Gasteiger charge is 2.08. The van der Waals surface area contributed by atoms with Crippen LogP contribution in [0.15, 0.2) is 4.99 Å². The van der Waals surface area contributed by atoms with Gasteiger partial charge in [-0.25, -0.2) is 0 Å². The number of guanidine groups is 1. The molecule has 2 N–H and O–H groups in total. The van der Waals surface area contributed by atoms with Gasteiger partial charge in [-0.1, -0.05) is 13.8 Å². The molecule has 0 aliphatic heterocycles. The van der Waals surface area contributed by atoms with E-state index in [4.69, 9.17) is 9.47 Å². The molecule has 5 nitrogen and oxygen atoms in total. The quantitative estimate of drug-likeness (QED) is 0.372. The van der Waals surface area contributed by atoms with Gasteiger partial charge in [0.15, 0.2) is 5.96 Å². The lowest BCUT2D eigenvalue weighted by Crippen LogP contribution is -2.44. The van der Waals surface area contributed by atoms with Gasteiger partial charge in [-0.05, 0) is 19.8 Å². The molecule has 0 saturated heterocycles. The van der Waals surface area contributed by atoms with E-state index in [9.17, 15) is 0 Å². The molecule has 0 heterocycles. The summed E-state index contributed by atoms with van der Waals surface area (Å²) < 4.78 is 10.3. The van der Waals surface area contributed by atoms with Crippen molar-refractivity contribution in [3.05, 3.63) is 0 Å². The van der Waals surface area contributed by atoms with E-state index in [2.05, 4.69) is 43.3 Å². The minimum absolute atomic E-state index is 0.400. The van der Waals surface area contributed by atoms with Crippen LogP contribution in [-0.4, -0.2) is 52.0 Å². The Labute approximate surface area is 111 Å². The Hall–Kier alpha value is -0.810. The fourth-order valence-electron chi connectivity index (χ4n) is 1.17. The first kappa shape index (κ1) is 17.2. The molecular formula is C13H29N3O2. The zero-order valence-electron chi connectivity index (χ0n) is 12.5. The Morgan fingerprint density at radius 1 is 1.17 bits per heavy atom. The standard InChI is InChI=1S/C13H29N3O2/c1-6-14-13(16-12(4)11(2)3)15-7-8-18-10-9-17-5/h11-12H,6-10H2,1-5H3,(H2,14,15,16). The highest BCUT2D eigenvalue weighted by atomic mass is 16.5. The summed E-state index contributed by atoms with van der Waals surface area (Å²) in [5, 5.41) is 6.61.